The number of anilines is 1. The van der Waals surface area contributed by atoms with E-state index in [1.54, 1.807) is 0 Å². The number of amides is 1. The molecular formula is C15H23N3OS. The van der Waals surface area contributed by atoms with Crippen LogP contribution in [0.4, 0.5) is 5.69 Å². The molecule has 4 N–H and O–H groups in total. The summed E-state index contributed by atoms with van der Waals surface area (Å²) >= 11 is 1.81. The van der Waals surface area contributed by atoms with Gasteiger partial charge in [-0.25, -0.2) is 0 Å². The molecule has 1 unspecified atom stereocenters. The minimum absolute atomic E-state index is 0.214. The molecule has 0 saturated carbocycles. The smallest absolute Gasteiger partial charge is 0.225 e. The fourth-order valence-corrected chi connectivity index (χ4v) is 3.56. The van der Waals surface area contributed by atoms with Gasteiger partial charge in [0.1, 0.15) is 0 Å². The van der Waals surface area contributed by atoms with E-state index in [0.29, 0.717) is 13.1 Å². The highest BCUT2D eigenvalue weighted by molar-refractivity contribution is 7.99. The zero-order valence-electron chi connectivity index (χ0n) is 12.2. The van der Waals surface area contributed by atoms with Crippen LogP contribution in [0.2, 0.25) is 0 Å². The van der Waals surface area contributed by atoms with Crippen molar-refractivity contribution >= 4 is 23.4 Å². The summed E-state index contributed by atoms with van der Waals surface area (Å²) < 4.78 is 0. The molecule has 20 heavy (non-hydrogen) atoms. The van der Waals surface area contributed by atoms with Crippen LogP contribution >= 0.6 is 11.8 Å². The number of nitrogens with zero attached hydrogens (tertiary/aromatic N) is 1. The first-order valence-electron chi connectivity index (χ1n) is 7.01. The maximum absolute atomic E-state index is 11.6. The van der Waals surface area contributed by atoms with Gasteiger partial charge in [-0.2, -0.15) is 0 Å². The van der Waals surface area contributed by atoms with Gasteiger partial charge in [-0.1, -0.05) is 13.0 Å². The standard InChI is InChI=1S/C15H23N3OS/c1-3-20-13-6-4-5-12(11(13)9-16)18-8-7-15(2,10-18)14(17)19/h4-6H,3,7-10,16H2,1-2H3,(H2,17,19). The Labute approximate surface area is 124 Å². The zero-order chi connectivity index (χ0) is 14.8. The van der Waals surface area contributed by atoms with Gasteiger partial charge in [0.15, 0.2) is 0 Å². The number of carbonyl (C=O) groups excluding carboxylic acids is 1. The first kappa shape index (κ1) is 15.2. The van der Waals surface area contributed by atoms with E-state index in [2.05, 4.69) is 30.0 Å². The normalized spacial score (nSPS) is 22.2. The molecule has 0 radical (unpaired) electrons. The molecule has 1 aromatic rings. The summed E-state index contributed by atoms with van der Waals surface area (Å²) in [4.78, 5) is 15.1. The Morgan fingerprint density at radius 1 is 1.50 bits per heavy atom. The highest BCUT2D eigenvalue weighted by Gasteiger charge is 2.39. The summed E-state index contributed by atoms with van der Waals surface area (Å²) in [5, 5.41) is 0. The minimum atomic E-state index is -0.431. The van der Waals surface area contributed by atoms with E-state index in [0.717, 1.165) is 24.4 Å². The Balaban J connectivity index is 2.30. The third kappa shape index (κ3) is 2.79. The van der Waals surface area contributed by atoms with Crippen LogP contribution in [0.3, 0.4) is 0 Å². The fourth-order valence-electron chi connectivity index (χ4n) is 2.71. The Kier molecular flexibility index (Phi) is 4.60. The molecule has 0 aromatic heterocycles. The predicted molar refractivity (Wildman–Crippen MR) is 84.9 cm³/mol. The second-order valence-corrected chi connectivity index (χ2v) is 6.79. The van der Waals surface area contributed by atoms with Crippen molar-refractivity contribution < 1.29 is 4.79 Å². The van der Waals surface area contributed by atoms with Crippen molar-refractivity contribution in [2.24, 2.45) is 16.9 Å². The van der Waals surface area contributed by atoms with E-state index in [9.17, 15) is 4.79 Å². The van der Waals surface area contributed by atoms with E-state index in [-0.39, 0.29) is 5.91 Å². The van der Waals surface area contributed by atoms with E-state index in [4.69, 9.17) is 11.5 Å². The van der Waals surface area contributed by atoms with Gasteiger partial charge >= 0.3 is 0 Å². The Morgan fingerprint density at radius 3 is 2.80 bits per heavy atom. The SMILES string of the molecule is CCSc1cccc(N2CCC(C)(C(N)=O)C2)c1CN. The van der Waals surface area contributed by atoms with Crippen LogP contribution in [-0.2, 0) is 11.3 Å². The molecule has 1 aliphatic heterocycles. The summed E-state index contributed by atoms with van der Waals surface area (Å²) in [5.41, 5.74) is 13.4. The van der Waals surface area contributed by atoms with Crippen LogP contribution < -0.4 is 16.4 Å². The molecule has 1 heterocycles. The van der Waals surface area contributed by atoms with Gasteiger partial charge < -0.3 is 16.4 Å². The van der Waals surface area contributed by atoms with Gasteiger partial charge in [0.2, 0.25) is 5.91 Å². The number of thioether (sulfide) groups is 1. The predicted octanol–water partition coefficient (Wildman–Crippen LogP) is 1.96. The van der Waals surface area contributed by atoms with Gasteiger partial charge in [-0.3, -0.25) is 4.79 Å². The van der Waals surface area contributed by atoms with Crippen molar-refractivity contribution in [1.29, 1.82) is 0 Å². The lowest BCUT2D eigenvalue weighted by Gasteiger charge is -2.25. The number of primary amides is 1. The molecule has 1 aliphatic rings. The molecule has 5 heteroatoms. The molecule has 1 amide bonds. The van der Waals surface area contributed by atoms with Crippen molar-refractivity contribution in [3.8, 4) is 0 Å². The third-order valence-corrected chi connectivity index (χ3v) is 5.00. The van der Waals surface area contributed by atoms with Crippen LogP contribution in [0.15, 0.2) is 23.1 Å². The lowest BCUT2D eigenvalue weighted by Crippen LogP contribution is -2.37. The summed E-state index contributed by atoms with van der Waals surface area (Å²) in [5.74, 6) is 0.809. The van der Waals surface area contributed by atoms with Crippen LogP contribution in [-0.4, -0.2) is 24.7 Å². The molecular weight excluding hydrogens is 270 g/mol. The molecule has 4 nitrogen and oxygen atoms in total. The van der Waals surface area contributed by atoms with E-state index < -0.39 is 5.41 Å². The summed E-state index contributed by atoms with van der Waals surface area (Å²) in [6.45, 7) is 6.13. The summed E-state index contributed by atoms with van der Waals surface area (Å²) in [6.07, 6.45) is 0.803. The minimum Gasteiger partial charge on any atom is -0.370 e. The topological polar surface area (TPSA) is 72.3 Å². The summed E-state index contributed by atoms with van der Waals surface area (Å²) in [6, 6.07) is 6.27. The summed E-state index contributed by atoms with van der Waals surface area (Å²) in [7, 11) is 0. The van der Waals surface area contributed by atoms with Crippen LogP contribution in [0, 0.1) is 5.41 Å². The van der Waals surface area contributed by atoms with E-state index >= 15 is 0 Å². The number of hydrogen-bond donors (Lipinski definition) is 2. The lowest BCUT2D eigenvalue weighted by atomic mass is 9.89. The Hall–Kier alpha value is -1.20. The highest BCUT2D eigenvalue weighted by Crippen LogP contribution is 2.37. The first-order chi connectivity index (χ1) is 9.51. The molecule has 2 rings (SSSR count). The number of carbonyl (C=O) groups is 1. The zero-order valence-corrected chi connectivity index (χ0v) is 13.0. The van der Waals surface area contributed by atoms with E-state index in [1.807, 2.05) is 18.7 Å². The number of hydrogen-bond acceptors (Lipinski definition) is 4. The monoisotopic (exact) mass is 293 g/mol. The molecule has 1 atom stereocenters. The third-order valence-electron chi connectivity index (χ3n) is 4.02. The van der Waals surface area contributed by atoms with E-state index in [1.165, 1.54) is 10.5 Å². The largest absolute Gasteiger partial charge is 0.370 e. The van der Waals surface area contributed by atoms with Gasteiger partial charge in [0.05, 0.1) is 5.41 Å². The second-order valence-electron chi connectivity index (χ2n) is 5.49. The van der Waals surface area contributed by atoms with Crippen molar-refractivity contribution in [1.82, 2.24) is 0 Å². The maximum atomic E-state index is 11.6. The highest BCUT2D eigenvalue weighted by atomic mass is 32.2. The molecule has 0 spiro atoms. The Morgan fingerprint density at radius 2 is 2.25 bits per heavy atom. The van der Waals surface area contributed by atoms with Gasteiger partial charge in [0, 0.05) is 35.8 Å². The second kappa shape index (κ2) is 6.06. The lowest BCUT2D eigenvalue weighted by molar-refractivity contribution is -0.125. The van der Waals surface area contributed by atoms with Crippen LogP contribution in [0.1, 0.15) is 25.8 Å². The number of rotatable bonds is 5. The van der Waals surface area contributed by atoms with Gasteiger partial charge in [-0.15, -0.1) is 11.8 Å². The van der Waals surface area contributed by atoms with Gasteiger partial charge in [0.25, 0.3) is 0 Å². The van der Waals surface area contributed by atoms with Crippen molar-refractivity contribution in [2.75, 3.05) is 23.7 Å². The molecule has 1 fully saturated rings. The first-order valence-corrected chi connectivity index (χ1v) is 8.00. The number of nitrogens with two attached hydrogens (primary N) is 2. The molecule has 1 saturated heterocycles. The number of benzene rings is 1. The van der Waals surface area contributed by atoms with Crippen molar-refractivity contribution in [2.45, 2.75) is 31.7 Å². The van der Waals surface area contributed by atoms with Crippen molar-refractivity contribution in [3.05, 3.63) is 23.8 Å². The van der Waals surface area contributed by atoms with Crippen molar-refractivity contribution in [3.63, 3.8) is 0 Å². The van der Waals surface area contributed by atoms with Crippen LogP contribution in [0.5, 0.6) is 0 Å². The Bertz CT molecular complexity index is 506. The average Bonchev–Trinajstić information content (AvgIpc) is 2.83. The molecule has 0 aliphatic carbocycles. The van der Waals surface area contributed by atoms with Gasteiger partial charge in [-0.05, 0) is 31.2 Å². The maximum Gasteiger partial charge on any atom is 0.225 e. The molecule has 0 bridgehead atoms. The van der Waals surface area contributed by atoms with Crippen LogP contribution in [0.25, 0.3) is 0 Å². The fraction of sp³-hybridized carbons (Fsp3) is 0.533. The molecule has 110 valence electrons. The molecule has 1 aromatic carbocycles. The average molecular weight is 293 g/mol. The quantitative estimate of drug-likeness (QED) is 0.814.